The van der Waals surface area contributed by atoms with Gasteiger partial charge in [0.15, 0.2) is 0 Å². The monoisotopic (exact) mass is 137 g/mol. The molecule has 0 aromatic heterocycles. The van der Waals surface area contributed by atoms with Gasteiger partial charge in [0.25, 0.3) is 0 Å². The highest BCUT2D eigenvalue weighted by Gasteiger charge is 1.80. The van der Waals surface area contributed by atoms with Crippen LogP contribution in [0.4, 0.5) is 0 Å². The highest BCUT2D eigenvalue weighted by molar-refractivity contribution is 4.88. The van der Waals surface area contributed by atoms with E-state index in [0.717, 1.165) is 12.8 Å². The molecule has 10 heavy (non-hydrogen) atoms. The van der Waals surface area contributed by atoms with Crippen LogP contribution in [0.2, 0.25) is 0 Å². The third-order valence-corrected chi connectivity index (χ3v) is 1.09. The summed E-state index contributed by atoms with van der Waals surface area (Å²) in [6.45, 7) is 6.47. The van der Waals surface area contributed by atoms with Crippen molar-refractivity contribution < 1.29 is 0 Å². The molecule has 0 saturated heterocycles. The zero-order valence-corrected chi connectivity index (χ0v) is 7.22. The number of hydrogen-bond acceptors (Lipinski definition) is 0. The largest absolute Gasteiger partial charge is 0.0885 e. The van der Waals surface area contributed by atoms with Gasteiger partial charge in [0.2, 0.25) is 0 Å². The average Bonchev–Trinajstić information content (AvgIpc) is 1.87. The summed E-state index contributed by atoms with van der Waals surface area (Å²) in [6.07, 6.45) is 11.7. The Labute approximate surface area is 64.6 Å². The second-order valence-corrected chi connectivity index (χ2v) is 2.70. The van der Waals surface area contributed by atoms with E-state index >= 15 is 0 Å². The zero-order valence-electron chi connectivity index (χ0n) is 7.22. The van der Waals surface area contributed by atoms with Gasteiger partial charge in [-0.05, 0) is 24.8 Å². The van der Waals surface area contributed by atoms with Crippen LogP contribution in [0.25, 0.3) is 0 Å². The molecule has 0 spiro atoms. The molecule has 0 N–H and O–H groups in total. The fourth-order valence-electron chi connectivity index (χ4n) is 0.622. The Balaban J connectivity index is 3.26. The van der Waals surface area contributed by atoms with E-state index in [2.05, 4.69) is 45.1 Å². The summed E-state index contributed by atoms with van der Waals surface area (Å²) in [5, 5.41) is 0. The fourth-order valence-corrected chi connectivity index (χ4v) is 0.622. The lowest BCUT2D eigenvalue weighted by Crippen LogP contribution is -1.75. The van der Waals surface area contributed by atoms with E-state index in [0.29, 0.717) is 5.92 Å². The molecule has 0 fully saturated rings. The molecule has 0 atom stereocenters. The number of allylic oxidation sites excluding steroid dienone is 4. The molecular weight excluding hydrogens is 120 g/mol. The lowest BCUT2D eigenvalue weighted by Gasteiger charge is -1.89. The Kier molecular flexibility index (Phi) is 6.25. The third kappa shape index (κ3) is 7.48. The van der Waals surface area contributed by atoms with Gasteiger partial charge in [0.1, 0.15) is 0 Å². The molecule has 0 bridgehead atoms. The summed E-state index contributed by atoms with van der Waals surface area (Å²) in [5.74, 6) is 0.634. The van der Waals surface area contributed by atoms with Crippen LogP contribution in [0.1, 0.15) is 33.6 Å². The van der Waals surface area contributed by atoms with Crippen molar-refractivity contribution in [2.45, 2.75) is 33.6 Å². The van der Waals surface area contributed by atoms with Crippen molar-refractivity contribution >= 4 is 0 Å². The molecule has 0 aliphatic heterocycles. The van der Waals surface area contributed by atoms with Crippen molar-refractivity contribution in [3.63, 3.8) is 0 Å². The molecular formula is C10H17. The summed E-state index contributed by atoms with van der Waals surface area (Å²) >= 11 is 0. The maximum Gasteiger partial charge on any atom is -0.00978 e. The first-order chi connectivity index (χ1) is 4.77. The van der Waals surface area contributed by atoms with Gasteiger partial charge < -0.3 is 0 Å². The van der Waals surface area contributed by atoms with Gasteiger partial charge in [-0.25, -0.2) is 0 Å². The quantitative estimate of drug-likeness (QED) is 0.521. The van der Waals surface area contributed by atoms with Crippen LogP contribution in [0.3, 0.4) is 0 Å². The van der Waals surface area contributed by atoms with Crippen molar-refractivity contribution in [2.24, 2.45) is 5.92 Å². The predicted octanol–water partition coefficient (Wildman–Crippen LogP) is 3.36. The smallest absolute Gasteiger partial charge is 0.00978 e. The summed E-state index contributed by atoms with van der Waals surface area (Å²) in [7, 11) is 0. The maximum absolute atomic E-state index is 3.21. The highest BCUT2D eigenvalue weighted by Crippen LogP contribution is 1.95. The van der Waals surface area contributed by atoms with Crippen molar-refractivity contribution in [1.82, 2.24) is 0 Å². The average molecular weight is 137 g/mol. The molecule has 0 aromatic rings. The first kappa shape index (κ1) is 9.48. The summed E-state index contributed by atoms with van der Waals surface area (Å²) in [4.78, 5) is 0. The Bertz CT molecular complexity index is 107. The Morgan fingerprint density at radius 2 is 2.00 bits per heavy atom. The van der Waals surface area contributed by atoms with Gasteiger partial charge in [0.05, 0.1) is 0 Å². The standard InChI is InChI=1S/C10H17/c1-4-5-6-7-8-9-10(2)3/h5-6,9-10H,4,7H2,1-3H3. The maximum atomic E-state index is 3.21. The SMILES string of the molecule is CCC=CC/[C]=C/C(C)C. The lowest BCUT2D eigenvalue weighted by molar-refractivity contribution is 0.824. The molecule has 0 unspecified atom stereocenters. The van der Waals surface area contributed by atoms with Gasteiger partial charge >= 0.3 is 0 Å². The summed E-state index contributed by atoms with van der Waals surface area (Å²) < 4.78 is 0. The molecule has 0 nitrogen and oxygen atoms in total. The minimum atomic E-state index is 0.634. The van der Waals surface area contributed by atoms with Crippen LogP contribution in [-0.4, -0.2) is 0 Å². The Hall–Kier alpha value is -0.520. The molecule has 0 saturated carbocycles. The molecule has 0 aliphatic rings. The molecule has 57 valence electrons. The lowest BCUT2D eigenvalue weighted by atomic mass is 10.2. The summed E-state index contributed by atoms with van der Waals surface area (Å²) in [5.41, 5.74) is 0. The second-order valence-electron chi connectivity index (χ2n) is 2.70. The fraction of sp³-hybridized carbons (Fsp3) is 0.600. The Morgan fingerprint density at radius 3 is 2.50 bits per heavy atom. The molecule has 0 heterocycles. The van der Waals surface area contributed by atoms with Crippen molar-refractivity contribution in [3.8, 4) is 0 Å². The van der Waals surface area contributed by atoms with Gasteiger partial charge in [0, 0.05) is 0 Å². The van der Waals surface area contributed by atoms with E-state index in [-0.39, 0.29) is 0 Å². The third-order valence-electron chi connectivity index (χ3n) is 1.09. The molecule has 0 aliphatic carbocycles. The highest BCUT2D eigenvalue weighted by atomic mass is 13.9. The van der Waals surface area contributed by atoms with Crippen LogP contribution < -0.4 is 0 Å². The molecule has 0 heteroatoms. The van der Waals surface area contributed by atoms with Gasteiger partial charge in [-0.1, -0.05) is 39.0 Å². The molecule has 0 amide bonds. The number of hydrogen-bond donors (Lipinski definition) is 0. The van der Waals surface area contributed by atoms with E-state index in [1.165, 1.54) is 0 Å². The normalized spacial score (nSPS) is 12.4. The van der Waals surface area contributed by atoms with Gasteiger partial charge in [-0.15, -0.1) is 0 Å². The van der Waals surface area contributed by atoms with Crippen molar-refractivity contribution in [1.29, 1.82) is 0 Å². The molecule has 0 rings (SSSR count). The minimum absolute atomic E-state index is 0.634. The van der Waals surface area contributed by atoms with Crippen molar-refractivity contribution in [3.05, 3.63) is 24.3 Å². The van der Waals surface area contributed by atoms with E-state index in [9.17, 15) is 0 Å². The first-order valence-electron chi connectivity index (χ1n) is 3.99. The Morgan fingerprint density at radius 1 is 1.30 bits per heavy atom. The van der Waals surface area contributed by atoms with Crippen LogP contribution in [0, 0.1) is 12.0 Å². The van der Waals surface area contributed by atoms with E-state index in [1.807, 2.05) is 0 Å². The zero-order chi connectivity index (χ0) is 7.82. The summed E-state index contributed by atoms with van der Waals surface area (Å²) in [6, 6.07) is 0. The number of rotatable bonds is 4. The van der Waals surface area contributed by atoms with E-state index in [4.69, 9.17) is 0 Å². The minimum Gasteiger partial charge on any atom is -0.0885 e. The van der Waals surface area contributed by atoms with E-state index < -0.39 is 0 Å². The molecule has 1 radical (unpaired) electrons. The second kappa shape index (κ2) is 6.60. The topological polar surface area (TPSA) is 0 Å². The van der Waals surface area contributed by atoms with Crippen LogP contribution in [-0.2, 0) is 0 Å². The first-order valence-corrected chi connectivity index (χ1v) is 3.99. The van der Waals surface area contributed by atoms with Crippen LogP contribution >= 0.6 is 0 Å². The van der Waals surface area contributed by atoms with Gasteiger partial charge in [-0.3, -0.25) is 0 Å². The van der Waals surface area contributed by atoms with Crippen molar-refractivity contribution in [2.75, 3.05) is 0 Å². The molecule has 0 aromatic carbocycles. The van der Waals surface area contributed by atoms with E-state index in [1.54, 1.807) is 0 Å². The van der Waals surface area contributed by atoms with Crippen LogP contribution in [0.15, 0.2) is 18.2 Å². The predicted molar refractivity (Wildman–Crippen MR) is 46.7 cm³/mol. The van der Waals surface area contributed by atoms with Gasteiger partial charge in [-0.2, -0.15) is 0 Å². The van der Waals surface area contributed by atoms with Crippen LogP contribution in [0.5, 0.6) is 0 Å².